The summed E-state index contributed by atoms with van der Waals surface area (Å²) in [7, 11) is 0. The van der Waals surface area contributed by atoms with E-state index in [0.29, 0.717) is 15.6 Å². The number of halogens is 2. The first-order valence-electron chi connectivity index (χ1n) is 4.56. The summed E-state index contributed by atoms with van der Waals surface area (Å²) < 4.78 is 0. The Hall–Kier alpha value is -1.59. The van der Waals surface area contributed by atoms with E-state index >= 15 is 0 Å². The normalized spacial score (nSPS) is 10.5. The number of hydrogen-bond acceptors (Lipinski definition) is 3. The SMILES string of the molecule is NC(=O)N/N=C/CC(=O)c1ccc(Cl)c(Cl)c1. The Balaban J connectivity index is 2.61. The number of amides is 2. The summed E-state index contributed by atoms with van der Waals surface area (Å²) in [5.41, 5.74) is 7.18. The molecular weight excluding hydrogens is 265 g/mol. The van der Waals surface area contributed by atoms with E-state index in [1.807, 2.05) is 5.43 Å². The Morgan fingerprint density at radius 2 is 2.06 bits per heavy atom. The Morgan fingerprint density at radius 1 is 1.35 bits per heavy atom. The lowest BCUT2D eigenvalue weighted by Gasteiger charge is -2.00. The summed E-state index contributed by atoms with van der Waals surface area (Å²) in [6.45, 7) is 0. The summed E-state index contributed by atoms with van der Waals surface area (Å²) >= 11 is 11.5. The highest BCUT2D eigenvalue weighted by Crippen LogP contribution is 2.22. The summed E-state index contributed by atoms with van der Waals surface area (Å²) in [4.78, 5) is 21.9. The molecule has 0 atom stereocenters. The fraction of sp³-hybridized carbons (Fsp3) is 0.100. The van der Waals surface area contributed by atoms with Crippen LogP contribution >= 0.6 is 23.2 Å². The summed E-state index contributed by atoms with van der Waals surface area (Å²) in [6.07, 6.45) is 1.27. The summed E-state index contributed by atoms with van der Waals surface area (Å²) in [6, 6.07) is 3.78. The van der Waals surface area contributed by atoms with E-state index in [2.05, 4.69) is 5.10 Å². The molecule has 2 amide bonds. The summed E-state index contributed by atoms with van der Waals surface area (Å²) in [5.74, 6) is -0.196. The molecule has 90 valence electrons. The first kappa shape index (κ1) is 13.5. The van der Waals surface area contributed by atoms with Crippen LogP contribution < -0.4 is 11.2 Å². The Morgan fingerprint density at radius 3 is 2.65 bits per heavy atom. The molecule has 0 saturated heterocycles. The summed E-state index contributed by atoms with van der Waals surface area (Å²) in [5, 5.41) is 4.14. The second-order valence-corrected chi connectivity index (χ2v) is 3.86. The Kier molecular flexibility index (Phi) is 4.93. The van der Waals surface area contributed by atoms with Crippen LogP contribution in [0.25, 0.3) is 0 Å². The van der Waals surface area contributed by atoms with Crippen LogP contribution in [0.4, 0.5) is 4.79 Å². The van der Waals surface area contributed by atoms with Gasteiger partial charge in [0.05, 0.1) is 10.0 Å². The maximum Gasteiger partial charge on any atom is 0.332 e. The van der Waals surface area contributed by atoms with Gasteiger partial charge in [-0.3, -0.25) is 4.79 Å². The smallest absolute Gasteiger partial charge is 0.332 e. The van der Waals surface area contributed by atoms with Crippen molar-refractivity contribution in [1.82, 2.24) is 5.43 Å². The molecule has 7 heteroatoms. The second-order valence-electron chi connectivity index (χ2n) is 3.04. The molecule has 0 heterocycles. The molecule has 0 spiro atoms. The third-order valence-corrected chi connectivity index (χ3v) is 2.52. The topological polar surface area (TPSA) is 84.6 Å². The van der Waals surface area contributed by atoms with Crippen molar-refractivity contribution >= 4 is 41.2 Å². The molecule has 3 N–H and O–H groups in total. The molecule has 0 saturated carbocycles. The number of hydrogen-bond donors (Lipinski definition) is 2. The first-order valence-corrected chi connectivity index (χ1v) is 5.31. The molecule has 5 nitrogen and oxygen atoms in total. The van der Waals surface area contributed by atoms with Crippen molar-refractivity contribution < 1.29 is 9.59 Å². The van der Waals surface area contributed by atoms with Gasteiger partial charge in [-0.1, -0.05) is 23.2 Å². The third-order valence-electron chi connectivity index (χ3n) is 1.78. The van der Waals surface area contributed by atoms with Crippen LogP contribution in [0.15, 0.2) is 23.3 Å². The van der Waals surface area contributed by atoms with Crippen molar-refractivity contribution in [3.63, 3.8) is 0 Å². The minimum absolute atomic E-state index is 0.0260. The van der Waals surface area contributed by atoms with Crippen LogP contribution in [0.1, 0.15) is 16.8 Å². The number of nitrogens with one attached hydrogen (secondary N) is 1. The minimum atomic E-state index is -0.789. The molecule has 0 aliphatic rings. The van der Waals surface area contributed by atoms with Gasteiger partial charge in [0.1, 0.15) is 0 Å². The lowest BCUT2D eigenvalue weighted by molar-refractivity contribution is 0.100. The van der Waals surface area contributed by atoms with E-state index < -0.39 is 6.03 Å². The predicted molar refractivity (Wildman–Crippen MR) is 66.6 cm³/mol. The third kappa shape index (κ3) is 4.42. The molecule has 1 aromatic carbocycles. The van der Waals surface area contributed by atoms with Gasteiger partial charge in [-0.15, -0.1) is 0 Å². The van der Waals surface area contributed by atoms with E-state index in [1.54, 1.807) is 6.07 Å². The van der Waals surface area contributed by atoms with Gasteiger partial charge < -0.3 is 5.73 Å². The first-order chi connectivity index (χ1) is 8.00. The number of primary amides is 1. The van der Waals surface area contributed by atoms with Gasteiger partial charge in [0.25, 0.3) is 0 Å². The van der Waals surface area contributed by atoms with Crippen molar-refractivity contribution in [2.45, 2.75) is 6.42 Å². The molecule has 1 aromatic rings. The van der Waals surface area contributed by atoms with Gasteiger partial charge in [0.15, 0.2) is 5.78 Å². The van der Waals surface area contributed by atoms with Crippen molar-refractivity contribution in [3.05, 3.63) is 33.8 Å². The highest BCUT2D eigenvalue weighted by molar-refractivity contribution is 6.42. The zero-order valence-electron chi connectivity index (χ0n) is 8.61. The zero-order chi connectivity index (χ0) is 12.8. The van der Waals surface area contributed by atoms with Gasteiger partial charge in [0.2, 0.25) is 0 Å². The lowest BCUT2D eigenvalue weighted by atomic mass is 10.1. The van der Waals surface area contributed by atoms with Crippen LogP contribution in [0, 0.1) is 0 Å². The van der Waals surface area contributed by atoms with Gasteiger partial charge in [-0.05, 0) is 18.2 Å². The van der Waals surface area contributed by atoms with E-state index in [-0.39, 0.29) is 12.2 Å². The number of carbonyl (C=O) groups excluding carboxylic acids is 2. The standard InChI is InChI=1S/C10H9Cl2N3O2/c11-7-2-1-6(5-8(7)12)9(16)3-4-14-15-10(13)17/h1-2,4-5H,3H2,(H3,13,15,17)/b14-4+. The van der Waals surface area contributed by atoms with Gasteiger partial charge in [0, 0.05) is 18.2 Å². The number of rotatable bonds is 4. The molecule has 0 unspecified atom stereocenters. The maximum atomic E-state index is 11.6. The van der Waals surface area contributed by atoms with Crippen molar-refractivity contribution in [2.75, 3.05) is 0 Å². The number of urea groups is 1. The number of Topliss-reactive ketones (excluding diaryl/α,β-unsaturated/α-hetero) is 1. The fourth-order valence-corrected chi connectivity index (χ4v) is 1.32. The van der Waals surface area contributed by atoms with Crippen LogP contribution in [0.5, 0.6) is 0 Å². The fourth-order valence-electron chi connectivity index (χ4n) is 1.03. The Labute approximate surface area is 108 Å². The molecule has 17 heavy (non-hydrogen) atoms. The molecule has 0 bridgehead atoms. The van der Waals surface area contributed by atoms with E-state index in [1.165, 1.54) is 18.3 Å². The predicted octanol–water partition coefficient (Wildman–Crippen LogP) is 2.22. The number of carbonyl (C=O) groups is 2. The quantitative estimate of drug-likeness (QED) is 0.501. The lowest BCUT2D eigenvalue weighted by Crippen LogP contribution is -2.24. The van der Waals surface area contributed by atoms with Crippen LogP contribution in [0.2, 0.25) is 10.0 Å². The van der Waals surface area contributed by atoms with Crippen molar-refractivity contribution in [1.29, 1.82) is 0 Å². The molecule has 0 fully saturated rings. The van der Waals surface area contributed by atoms with Crippen LogP contribution in [0.3, 0.4) is 0 Å². The van der Waals surface area contributed by atoms with Gasteiger partial charge >= 0.3 is 6.03 Å². The number of ketones is 1. The minimum Gasteiger partial charge on any atom is -0.350 e. The molecule has 0 radical (unpaired) electrons. The van der Waals surface area contributed by atoms with E-state index in [9.17, 15) is 9.59 Å². The molecule has 0 aliphatic heterocycles. The number of nitrogens with zero attached hydrogens (tertiary/aromatic N) is 1. The maximum absolute atomic E-state index is 11.6. The second kappa shape index (κ2) is 6.22. The van der Waals surface area contributed by atoms with Crippen LogP contribution in [-0.4, -0.2) is 18.0 Å². The highest BCUT2D eigenvalue weighted by Gasteiger charge is 2.06. The number of hydrazone groups is 1. The zero-order valence-corrected chi connectivity index (χ0v) is 10.1. The molecular formula is C10H9Cl2N3O2. The van der Waals surface area contributed by atoms with Crippen LogP contribution in [-0.2, 0) is 0 Å². The van der Waals surface area contributed by atoms with Gasteiger partial charge in [-0.2, -0.15) is 5.10 Å². The number of benzene rings is 1. The average molecular weight is 274 g/mol. The molecule has 1 rings (SSSR count). The number of nitrogens with two attached hydrogens (primary N) is 1. The van der Waals surface area contributed by atoms with Crippen molar-refractivity contribution in [2.24, 2.45) is 10.8 Å². The van der Waals surface area contributed by atoms with E-state index in [0.717, 1.165) is 0 Å². The monoisotopic (exact) mass is 273 g/mol. The molecule has 0 aliphatic carbocycles. The van der Waals surface area contributed by atoms with Crippen molar-refractivity contribution in [3.8, 4) is 0 Å². The van der Waals surface area contributed by atoms with Gasteiger partial charge in [-0.25, -0.2) is 10.2 Å². The average Bonchev–Trinajstić information content (AvgIpc) is 2.27. The van der Waals surface area contributed by atoms with E-state index in [4.69, 9.17) is 28.9 Å². The Bertz CT molecular complexity index is 475. The molecule has 0 aromatic heterocycles. The largest absolute Gasteiger partial charge is 0.350 e. The highest BCUT2D eigenvalue weighted by atomic mass is 35.5.